The van der Waals surface area contributed by atoms with Crippen LogP contribution in [0.25, 0.3) is 11.3 Å². The number of hydrogen-bond donors (Lipinski definition) is 1. The molecule has 2 rings (SSSR count). The molecule has 0 aromatic rings. The maximum Gasteiger partial charge on any atom is 0.0459 e. The molecule has 0 atom stereocenters. The van der Waals surface area contributed by atoms with Gasteiger partial charge in [-0.2, -0.15) is 0 Å². The summed E-state index contributed by atoms with van der Waals surface area (Å²) < 4.78 is 0. The Balaban J connectivity index is 2.67. The SMILES string of the molecule is CCc1cc2[nH]cccc-2c1C(C)C. The fourth-order valence-electron chi connectivity index (χ4n) is 2.20. The summed E-state index contributed by atoms with van der Waals surface area (Å²) in [5.74, 6) is 0.609. The summed E-state index contributed by atoms with van der Waals surface area (Å²) in [4.78, 5) is 3.30. The highest BCUT2D eigenvalue weighted by Crippen LogP contribution is 2.35. The van der Waals surface area contributed by atoms with E-state index in [-0.39, 0.29) is 0 Å². The summed E-state index contributed by atoms with van der Waals surface area (Å²) in [5, 5.41) is 0. The highest BCUT2D eigenvalue weighted by atomic mass is 14.7. The molecule has 0 unspecified atom stereocenters. The molecule has 1 nitrogen and oxygen atoms in total. The highest BCUT2D eigenvalue weighted by Gasteiger charge is 2.16. The summed E-state index contributed by atoms with van der Waals surface area (Å²) in [6.45, 7) is 6.75. The lowest BCUT2D eigenvalue weighted by molar-refractivity contribution is 0.853. The molecule has 0 radical (unpaired) electrons. The zero-order valence-corrected chi connectivity index (χ0v) is 9.09. The molecular weight excluding hydrogens is 170 g/mol. The van der Waals surface area contributed by atoms with Gasteiger partial charge >= 0.3 is 0 Å². The maximum atomic E-state index is 3.30. The average Bonchev–Trinajstić information content (AvgIpc) is 2.55. The predicted octanol–water partition coefficient (Wildman–Crippen LogP) is 3.81. The van der Waals surface area contributed by atoms with Crippen molar-refractivity contribution in [2.45, 2.75) is 33.1 Å². The molecule has 2 aliphatic rings. The summed E-state index contributed by atoms with van der Waals surface area (Å²) in [7, 11) is 0. The van der Waals surface area contributed by atoms with E-state index in [1.807, 2.05) is 6.20 Å². The first kappa shape index (κ1) is 9.32. The van der Waals surface area contributed by atoms with Gasteiger partial charge in [0.25, 0.3) is 0 Å². The second kappa shape index (κ2) is 3.49. The van der Waals surface area contributed by atoms with Crippen LogP contribution >= 0.6 is 0 Å². The Bertz CT molecular complexity index is 398. The van der Waals surface area contributed by atoms with Crippen LogP contribution < -0.4 is 0 Å². The van der Waals surface area contributed by atoms with Crippen molar-refractivity contribution in [3.63, 3.8) is 0 Å². The third-order valence-electron chi connectivity index (χ3n) is 2.80. The number of pyridine rings is 1. The first-order chi connectivity index (χ1) is 6.74. The number of hydrogen-bond acceptors (Lipinski definition) is 0. The van der Waals surface area contributed by atoms with Gasteiger partial charge < -0.3 is 4.98 Å². The number of H-pyrrole nitrogens is 1. The number of rotatable bonds is 2. The predicted molar refractivity (Wildman–Crippen MR) is 60.9 cm³/mol. The quantitative estimate of drug-likeness (QED) is 0.736. The molecule has 0 fully saturated rings. The van der Waals surface area contributed by atoms with Crippen molar-refractivity contribution in [2.24, 2.45) is 0 Å². The smallest absolute Gasteiger partial charge is 0.0459 e. The molecule has 1 heterocycles. The van der Waals surface area contributed by atoms with Gasteiger partial charge in [-0.1, -0.05) is 26.8 Å². The van der Waals surface area contributed by atoms with Crippen LogP contribution in [0.3, 0.4) is 0 Å². The number of aromatic amines is 1. The zero-order valence-electron chi connectivity index (χ0n) is 9.09. The van der Waals surface area contributed by atoms with Crippen LogP contribution in [-0.2, 0) is 6.42 Å². The van der Waals surface area contributed by atoms with Crippen LogP contribution in [0.2, 0.25) is 0 Å². The Kier molecular flexibility index (Phi) is 2.32. The number of fused-ring (bicyclic) bond motifs is 1. The van der Waals surface area contributed by atoms with Gasteiger partial charge in [0.2, 0.25) is 0 Å². The molecule has 1 aliphatic carbocycles. The molecule has 0 bridgehead atoms. The Morgan fingerprint density at radius 2 is 2.14 bits per heavy atom. The molecular formula is C13H17N. The third kappa shape index (κ3) is 1.33. The van der Waals surface area contributed by atoms with Crippen LogP contribution in [-0.4, -0.2) is 4.98 Å². The number of aromatic nitrogens is 1. The standard InChI is InChI=1S/C13H17N/c1-4-10-8-12-11(6-5-7-14-12)13(10)9(2)3/h5-9,14H,4H2,1-3H3. The third-order valence-corrected chi connectivity index (χ3v) is 2.80. The van der Waals surface area contributed by atoms with Crippen molar-refractivity contribution in [2.75, 3.05) is 0 Å². The summed E-state index contributed by atoms with van der Waals surface area (Å²) >= 11 is 0. The van der Waals surface area contributed by atoms with Crippen LogP contribution in [0.15, 0.2) is 24.4 Å². The molecule has 0 amide bonds. The Morgan fingerprint density at radius 1 is 1.36 bits per heavy atom. The fraction of sp³-hybridized carbons (Fsp3) is 0.385. The fourth-order valence-corrected chi connectivity index (χ4v) is 2.20. The second-order valence-corrected chi connectivity index (χ2v) is 4.09. The van der Waals surface area contributed by atoms with Crippen molar-refractivity contribution in [3.8, 4) is 11.3 Å². The van der Waals surface area contributed by atoms with E-state index < -0.39 is 0 Å². The van der Waals surface area contributed by atoms with Crippen molar-refractivity contribution in [1.82, 2.24) is 4.98 Å². The van der Waals surface area contributed by atoms with E-state index in [1.54, 1.807) is 0 Å². The van der Waals surface area contributed by atoms with Gasteiger partial charge in [-0.15, -0.1) is 0 Å². The largest absolute Gasteiger partial charge is 0.361 e. The average molecular weight is 187 g/mol. The van der Waals surface area contributed by atoms with Gasteiger partial charge in [-0.3, -0.25) is 0 Å². The van der Waals surface area contributed by atoms with E-state index in [2.05, 4.69) is 44.0 Å². The Hall–Kier alpha value is -1.24. The lowest BCUT2D eigenvalue weighted by Crippen LogP contribution is -1.92. The Morgan fingerprint density at radius 3 is 2.79 bits per heavy atom. The van der Waals surface area contributed by atoms with Crippen LogP contribution in [0, 0.1) is 0 Å². The summed E-state index contributed by atoms with van der Waals surface area (Å²) in [6, 6.07) is 6.57. The second-order valence-electron chi connectivity index (χ2n) is 4.09. The van der Waals surface area contributed by atoms with E-state index in [4.69, 9.17) is 0 Å². The minimum Gasteiger partial charge on any atom is -0.361 e. The van der Waals surface area contributed by atoms with Crippen molar-refractivity contribution < 1.29 is 0 Å². The minimum atomic E-state index is 0.609. The lowest BCUT2D eigenvalue weighted by atomic mass is 9.97. The van der Waals surface area contributed by atoms with Crippen LogP contribution in [0.1, 0.15) is 37.8 Å². The monoisotopic (exact) mass is 187 g/mol. The van der Waals surface area contributed by atoms with Crippen molar-refractivity contribution in [1.29, 1.82) is 0 Å². The topological polar surface area (TPSA) is 15.8 Å². The Labute approximate surface area is 85.5 Å². The van der Waals surface area contributed by atoms with E-state index >= 15 is 0 Å². The molecule has 0 saturated heterocycles. The van der Waals surface area contributed by atoms with Crippen molar-refractivity contribution >= 4 is 0 Å². The van der Waals surface area contributed by atoms with E-state index in [0.717, 1.165) is 6.42 Å². The summed E-state index contributed by atoms with van der Waals surface area (Å²) in [5.41, 5.74) is 5.66. The molecule has 1 heteroatoms. The lowest BCUT2D eigenvalue weighted by Gasteiger charge is -2.09. The minimum absolute atomic E-state index is 0.609. The van der Waals surface area contributed by atoms with E-state index in [1.165, 1.54) is 22.4 Å². The summed E-state index contributed by atoms with van der Waals surface area (Å²) in [6.07, 6.45) is 3.11. The van der Waals surface area contributed by atoms with Gasteiger partial charge in [-0.25, -0.2) is 0 Å². The van der Waals surface area contributed by atoms with Gasteiger partial charge in [-0.05, 0) is 35.6 Å². The number of aryl methyl sites for hydroxylation is 1. The van der Waals surface area contributed by atoms with Gasteiger partial charge in [0, 0.05) is 17.5 Å². The maximum absolute atomic E-state index is 3.30. The van der Waals surface area contributed by atoms with Gasteiger partial charge in [0.05, 0.1) is 0 Å². The molecule has 0 aromatic carbocycles. The molecule has 0 aromatic heterocycles. The molecule has 74 valence electrons. The molecule has 1 aliphatic heterocycles. The van der Waals surface area contributed by atoms with Gasteiger partial charge in [0.15, 0.2) is 0 Å². The first-order valence-corrected chi connectivity index (χ1v) is 5.33. The molecule has 1 N–H and O–H groups in total. The molecule has 0 spiro atoms. The highest BCUT2D eigenvalue weighted by molar-refractivity contribution is 5.71. The zero-order chi connectivity index (χ0) is 10.1. The number of nitrogens with one attached hydrogen (secondary N) is 1. The van der Waals surface area contributed by atoms with E-state index in [9.17, 15) is 0 Å². The van der Waals surface area contributed by atoms with Gasteiger partial charge in [0.1, 0.15) is 0 Å². The van der Waals surface area contributed by atoms with E-state index in [0.29, 0.717) is 5.92 Å². The molecule has 14 heavy (non-hydrogen) atoms. The van der Waals surface area contributed by atoms with Crippen molar-refractivity contribution in [3.05, 3.63) is 35.5 Å². The van der Waals surface area contributed by atoms with Crippen LogP contribution in [0.5, 0.6) is 0 Å². The van der Waals surface area contributed by atoms with Crippen LogP contribution in [0.4, 0.5) is 0 Å². The first-order valence-electron chi connectivity index (χ1n) is 5.33. The molecule has 0 saturated carbocycles. The normalized spacial score (nSPS) is 11.4.